The molecule has 110 valence electrons. The van der Waals surface area contributed by atoms with E-state index in [0.717, 1.165) is 5.92 Å². The van der Waals surface area contributed by atoms with Gasteiger partial charge in [0.15, 0.2) is 0 Å². The van der Waals surface area contributed by atoms with Crippen molar-refractivity contribution in [3.05, 3.63) is 0 Å². The molecule has 3 heteroatoms. The molecule has 0 aliphatic rings. The molecule has 0 aromatic rings. The molecule has 0 aromatic heterocycles. The van der Waals surface area contributed by atoms with Crippen molar-refractivity contribution in [1.82, 2.24) is 0 Å². The monoisotopic (exact) mass is 308 g/mol. The molecular formula is C15H32S3. The Labute approximate surface area is 128 Å². The van der Waals surface area contributed by atoms with E-state index in [0.29, 0.717) is 0 Å². The molecule has 0 amide bonds. The molecule has 0 rings (SSSR count). The van der Waals surface area contributed by atoms with Crippen molar-refractivity contribution in [1.29, 1.82) is 0 Å². The summed E-state index contributed by atoms with van der Waals surface area (Å²) in [6.45, 7) is 0. The molecule has 0 unspecified atom stereocenters. The van der Waals surface area contributed by atoms with Crippen LogP contribution in [-0.4, -0.2) is 36.0 Å². The minimum absolute atomic E-state index is 1.01. The first-order valence-electron chi connectivity index (χ1n) is 7.32. The summed E-state index contributed by atoms with van der Waals surface area (Å²) < 4.78 is 0. The lowest BCUT2D eigenvalue weighted by atomic mass is 9.92. The SMILES string of the molecule is CSCCCCC(CCCCSC)CCCSC. The molecule has 0 bridgehead atoms. The number of hydrogen-bond acceptors (Lipinski definition) is 3. The third-order valence-electron chi connectivity index (χ3n) is 3.38. The second-order valence-corrected chi connectivity index (χ2v) is 7.94. The summed E-state index contributed by atoms with van der Waals surface area (Å²) in [5.41, 5.74) is 0. The van der Waals surface area contributed by atoms with Crippen LogP contribution in [-0.2, 0) is 0 Å². The van der Waals surface area contributed by atoms with Gasteiger partial charge in [0.2, 0.25) is 0 Å². The summed E-state index contributed by atoms with van der Waals surface area (Å²) in [7, 11) is 0. The van der Waals surface area contributed by atoms with Gasteiger partial charge in [0.1, 0.15) is 0 Å². The van der Waals surface area contributed by atoms with Gasteiger partial charge in [-0.05, 0) is 67.6 Å². The first-order chi connectivity index (χ1) is 8.85. The summed E-state index contributed by atoms with van der Waals surface area (Å²) in [5.74, 6) is 5.07. The normalized spacial score (nSPS) is 11.3. The average Bonchev–Trinajstić information content (AvgIpc) is 2.39. The fourth-order valence-corrected chi connectivity index (χ4v) is 3.75. The standard InChI is InChI=1S/C15H32S3/c1-16-12-6-4-9-15(11-8-14-18-3)10-5-7-13-17-2/h15H,4-14H2,1-3H3. The Balaban J connectivity index is 3.62. The van der Waals surface area contributed by atoms with E-state index in [1.54, 1.807) is 0 Å². The van der Waals surface area contributed by atoms with Crippen LogP contribution in [0.5, 0.6) is 0 Å². The summed E-state index contributed by atoms with van der Waals surface area (Å²) in [5, 5.41) is 0. The third kappa shape index (κ3) is 13.5. The van der Waals surface area contributed by atoms with Crippen molar-refractivity contribution < 1.29 is 0 Å². The first-order valence-corrected chi connectivity index (χ1v) is 11.5. The van der Waals surface area contributed by atoms with Crippen molar-refractivity contribution in [2.24, 2.45) is 5.92 Å². The lowest BCUT2D eigenvalue weighted by Crippen LogP contribution is -2.02. The molecule has 0 aliphatic carbocycles. The van der Waals surface area contributed by atoms with Gasteiger partial charge in [-0.3, -0.25) is 0 Å². The Morgan fingerprint density at radius 1 is 0.556 bits per heavy atom. The van der Waals surface area contributed by atoms with Crippen LogP contribution in [0.4, 0.5) is 0 Å². The van der Waals surface area contributed by atoms with Gasteiger partial charge in [-0.1, -0.05) is 25.7 Å². The highest BCUT2D eigenvalue weighted by atomic mass is 32.2. The van der Waals surface area contributed by atoms with Crippen LogP contribution in [0.3, 0.4) is 0 Å². The van der Waals surface area contributed by atoms with E-state index in [9.17, 15) is 0 Å². The van der Waals surface area contributed by atoms with Crippen LogP contribution < -0.4 is 0 Å². The highest BCUT2D eigenvalue weighted by Gasteiger charge is 2.08. The second kappa shape index (κ2) is 16.1. The van der Waals surface area contributed by atoms with E-state index in [1.165, 1.54) is 68.6 Å². The van der Waals surface area contributed by atoms with Crippen molar-refractivity contribution in [3.8, 4) is 0 Å². The van der Waals surface area contributed by atoms with Gasteiger partial charge in [-0.15, -0.1) is 0 Å². The molecule has 0 N–H and O–H groups in total. The summed E-state index contributed by atoms with van der Waals surface area (Å²) in [6, 6.07) is 0. The minimum Gasteiger partial charge on any atom is -0.165 e. The van der Waals surface area contributed by atoms with Crippen molar-refractivity contribution >= 4 is 35.3 Å². The van der Waals surface area contributed by atoms with E-state index in [1.807, 2.05) is 35.3 Å². The Kier molecular flexibility index (Phi) is 17.0. The van der Waals surface area contributed by atoms with Gasteiger partial charge in [0.25, 0.3) is 0 Å². The van der Waals surface area contributed by atoms with Gasteiger partial charge in [0, 0.05) is 0 Å². The molecule has 0 aromatic carbocycles. The Bertz CT molecular complexity index is 139. The fourth-order valence-electron chi connectivity index (χ4n) is 2.31. The van der Waals surface area contributed by atoms with Gasteiger partial charge in [-0.2, -0.15) is 35.3 Å². The highest BCUT2D eigenvalue weighted by molar-refractivity contribution is 7.98. The van der Waals surface area contributed by atoms with Crippen LogP contribution in [0.1, 0.15) is 51.4 Å². The van der Waals surface area contributed by atoms with Crippen molar-refractivity contribution in [2.75, 3.05) is 36.0 Å². The Morgan fingerprint density at radius 2 is 0.944 bits per heavy atom. The second-order valence-electron chi connectivity index (χ2n) is 4.98. The summed E-state index contributed by atoms with van der Waals surface area (Å²) in [4.78, 5) is 0. The number of unbranched alkanes of at least 4 members (excludes halogenated alkanes) is 2. The van der Waals surface area contributed by atoms with Gasteiger partial charge in [0.05, 0.1) is 0 Å². The number of thioether (sulfide) groups is 3. The average molecular weight is 309 g/mol. The minimum atomic E-state index is 1.01. The van der Waals surface area contributed by atoms with Crippen LogP contribution in [0, 0.1) is 5.92 Å². The van der Waals surface area contributed by atoms with Crippen LogP contribution in [0.15, 0.2) is 0 Å². The quantitative estimate of drug-likeness (QED) is 0.371. The zero-order valence-corrected chi connectivity index (χ0v) is 15.0. The molecule has 0 nitrogen and oxygen atoms in total. The highest BCUT2D eigenvalue weighted by Crippen LogP contribution is 2.23. The van der Waals surface area contributed by atoms with Gasteiger partial charge in [-0.25, -0.2) is 0 Å². The predicted molar refractivity (Wildman–Crippen MR) is 95.6 cm³/mol. The van der Waals surface area contributed by atoms with Crippen LogP contribution >= 0.6 is 35.3 Å². The van der Waals surface area contributed by atoms with E-state index < -0.39 is 0 Å². The topological polar surface area (TPSA) is 0 Å². The van der Waals surface area contributed by atoms with Crippen molar-refractivity contribution in [2.45, 2.75) is 51.4 Å². The molecular weight excluding hydrogens is 276 g/mol. The predicted octanol–water partition coefficient (Wildman–Crippen LogP) is 5.81. The third-order valence-corrected chi connectivity index (χ3v) is 5.47. The first kappa shape index (κ1) is 19.1. The van der Waals surface area contributed by atoms with Crippen molar-refractivity contribution in [3.63, 3.8) is 0 Å². The maximum absolute atomic E-state index is 2.23. The molecule has 0 radical (unpaired) electrons. The molecule has 18 heavy (non-hydrogen) atoms. The van der Waals surface area contributed by atoms with E-state index in [-0.39, 0.29) is 0 Å². The molecule has 0 saturated carbocycles. The largest absolute Gasteiger partial charge is 0.165 e. The zero-order chi connectivity index (χ0) is 13.5. The van der Waals surface area contributed by atoms with E-state index in [4.69, 9.17) is 0 Å². The molecule has 0 atom stereocenters. The molecule has 0 heterocycles. The zero-order valence-electron chi connectivity index (χ0n) is 12.6. The fraction of sp³-hybridized carbons (Fsp3) is 1.00. The van der Waals surface area contributed by atoms with E-state index >= 15 is 0 Å². The van der Waals surface area contributed by atoms with Gasteiger partial charge >= 0.3 is 0 Å². The van der Waals surface area contributed by atoms with Crippen LogP contribution in [0.25, 0.3) is 0 Å². The van der Waals surface area contributed by atoms with Gasteiger partial charge < -0.3 is 0 Å². The molecule has 0 aliphatic heterocycles. The number of hydrogen-bond donors (Lipinski definition) is 0. The lowest BCUT2D eigenvalue weighted by molar-refractivity contribution is 0.392. The molecule has 0 fully saturated rings. The molecule has 0 spiro atoms. The number of rotatable bonds is 14. The van der Waals surface area contributed by atoms with Crippen LogP contribution in [0.2, 0.25) is 0 Å². The maximum Gasteiger partial charge on any atom is -0.00702 e. The summed E-state index contributed by atoms with van der Waals surface area (Å²) in [6.07, 6.45) is 18.3. The Morgan fingerprint density at radius 3 is 1.39 bits per heavy atom. The summed E-state index contributed by atoms with van der Waals surface area (Å²) >= 11 is 5.99. The smallest absolute Gasteiger partial charge is 0.00702 e. The van der Waals surface area contributed by atoms with E-state index in [2.05, 4.69) is 18.8 Å². The lowest BCUT2D eigenvalue weighted by Gasteiger charge is -2.16. The maximum atomic E-state index is 2.23. The molecule has 0 saturated heterocycles. The Hall–Kier alpha value is 1.05.